The minimum absolute atomic E-state index is 0.330. The van der Waals surface area contributed by atoms with Crippen molar-refractivity contribution in [3.05, 3.63) is 29.8 Å². The third-order valence-corrected chi connectivity index (χ3v) is 4.41. The average Bonchev–Trinajstić information content (AvgIpc) is 2.95. The molecule has 1 aromatic carbocycles. The first-order chi connectivity index (χ1) is 9.83. The molecule has 0 radical (unpaired) electrons. The van der Waals surface area contributed by atoms with Gasteiger partial charge in [0.2, 0.25) is 5.16 Å². The molecule has 1 aliphatic rings. The SMILES string of the molecule is Cc1cccc(-n2nnnc2SCC2CCCCO2)c1. The molecule has 2 aromatic rings. The molecule has 0 spiro atoms. The summed E-state index contributed by atoms with van der Waals surface area (Å²) in [5.74, 6) is 0.909. The Labute approximate surface area is 122 Å². The van der Waals surface area contributed by atoms with Crippen LogP contribution in [0.5, 0.6) is 0 Å². The van der Waals surface area contributed by atoms with Gasteiger partial charge in [0, 0.05) is 12.4 Å². The molecule has 1 saturated heterocycles. The molecule has 0 aliphatic carbocycles. The van der Waals surface area contributed by atoms with E-state index in [0.29, 0.717) is 6.10 Å². The first-order valence-electron chi connectivity index (χ1n) is 6.93. The summed E-state index contributed by atoms with van der Waals surface area (Å²) < 4.78 is 7.53. The molecule has 0 N–H and O–H groups in total. The molecule has 0 saturated carbocycles. The molecule has 0 amide bonds. The van der Waals surface area contributed by atoms with E-state index < -0.39 is 0 Å². The van der Waals surface area contributed by atoms with Crippen LogP contribution in [0.1, 0.15) is 24.8 Å². The summed E-state index contributed by atoms with van der Waals surface area (Å²) in [5.41, 5.74) is 2.20. The van der Waals surface area contributed by atoms with Crippen molar-refractivity contribution < 1.29 is 4.74 Å². The van der Waals surface area contributed by atoms with Gasteiger partial charge >= 0.3 is 0 Å². The van der Waals surface area contributed by atoms with Crippen LogP contribution < -0.4 is 0 Å². The molecule has 20 heavy (non-hydrogen) atoms. The standard InChI is InChI=1S/C14H18N4OS/c1-11-5-4-6-12(9-11)18-14(15-16-17-18)20-10-13-7-2-3-8-19-13/h4-6,9,13H,2-3,7-8,10H2,1H3. The Morgan fingerprint density at radius 3 is 3.15 bits per heavy atom. The quantitative estimate of drug-likeness (QED) is 0.810. The zero-order valence-electron chi connectivity index (χ0n) is 11.5. The van der Waals surface area contributed by atoms with Crippen LogP contribution in [0.25, 0.3) is 5.69 Å². The van der Waals surface area contributed by atoms with E-state index in [2.05, 4.69) is 34.6 Å². The summed E-state index contributed by atoms with van der Waals surface area (Å²) in [6.07, 6.45) is 3.91. The number of hydrogen-bond acceptors (Lipinski definition) is 5. The highest BCUT2D eigenvalue weighted by atomic mass is 32.2. The monoisotopic (exact) mass is 290 g/mol. The number of tetrazole rings is 1. The first kappa shape index (κ1) is 13.6. The highest BCUT2D eigenvalue weighted by molar-refractivity contribution is 7.99. The van der Waals surface area contributed by atoms with Gasteiger partial charge in [0.1, 0.15) is 0 Å². The summed E-state index contributed by atoms with van der Waals surface area (Å²) in [5, 5.41) is 12.8. The molecule has 5 nitrogen and oxygen atoms in total. The number of ether oxygens (including phenoxy) is 1. The Balaban J connectivity index is 1.70. The van der Waals surface area contributed by atoms with Gasteiger partial charge in [-0.1, -0.05) is 23.9 Å². The number of thioether (sulfide) groups is 1. The van der Waals surface area contributed by atoms with Crippen molar-refractivity contribution in [2.45, 2.75) is 37.4 Å². The lowest BCUT2D eigenvalue weighted by Gasteiger charge is -2.21. The zero-order chi connectivity index (χ0) is 13.8. The smallest absolute Gasteiger partial charge is 0.214 e. The van der Waals surface area contributed by atoms with Gasteiger partial charge in [-0.05, 0) is 54.3 Å². The fraction of sp³-hybridized carbons (Fsp3) is 0.500. The van der Waals surface area contributed by atoms with Crippen molar-refractivity contribution in [2.24, 2.45) is 0 Å². The normalized spacial score (nSPS) is 19.1. The summed E-state index contributed by atoms with van der Waals surface area (Å²) >= 11 is 1.66. The Kier molecular flexibility index (Phi) is 4.32. The minimum atomic E-state index is 0.330. The van der Waals surface area contributed by atoms with Crippen molar-refractivity contribution in [2.75, 3.05) is 12.4 Å². The number of aromatic nitrogens is 4. The van der Waals surface area contributed by atoms with E-state index in [4.69, 9.17) is 4.74 Å². The van der Waals surface area contributed by atoms with E-state index in [-0.39, 0.29) is 0 Å². The third-order valence-electron chi connectivity index (χ3n) is 3.36. The number of aryl methyl sites for hydroxylation is 1. The van der Waals surface area contributed by atoms with Gasteiger partial charge in [-0.25, -0.2) is 0 Å². The highest BCUT2D eigenvalue weighted by Crippen LogP contribution is 2.23. The summed E-state index contributed by atoms with van der Waals surface area (Å²) in [6, 6.07) is 8.18. The maximum Gasteiger partial charge on any atom is 0.214 e. The van der Waals surface area contributed by atoms with Gasteiger partial charge in [-0.3, -0.25) is 0 Å². The van der Waals surface area contributed by atoms with Crippen molar-refractivity contribution in [3.63, 3.8) is 0 Å². The highest BCUT2D eigenvalue weighted by Gasteiger charge is 2.16. The number of rotatable bonds is 4. The van der Waals surface area contributed by atoms with Crippen LogP contribution in [0.15, 0.2) is 29.4 Å². The maximum absolute atomic E-state index is 5.74. The van der Waals surface area contributed by atoms with E-state index in [1.54, 1.807) is 16.4 Å². The molecule has 1 aliphatic heterocycles. The van der Waals surface area contributed by atoms with Crippen LogP contribution in [0.3, 0.4) is 0 Å². The molecule has 106 valence electrons. The van der Waals surface area contributed by atoms with E-state index in [1.807, 2.05) is 12.1 Å². The molecule has 3 rings (SSSR count). The molecule has 0 bridgehead atoms. The Morgan fingerprint density at radius 1 is 1.40 bits per heavy atom. The van der Waals surface area contributed by atoms with Gasteiger partial charge in [0.05, 0.1) is 11.8 Å². The van der Waals surface area contributed by atoms with Crippen LogP contribution in [0, 0.1) is 6.92 Å². The van der Waals surface area contributed by atoms with Crippen LogP contribution in [-0.2, 0) is 4.74 Å². The predicted molar refractivity (Wildman–Crippen MR) is 78.2 cm³/mol. The van der Waals surface area contributed by atoms with Crippen LogP contribution in [-0.4, -0.2) is 38.7 Å². The topological polar surface area (TPSA) is 52.8 Å². The Hall–Kier alpha value is -1.40. The van der Waals surface area contributed by atoms with Crippen LogP contribution >= 0.6 is 11.8 Å². The summed E-state index contributed by atoms with van der Waals surface area (Å²) in [4.78, 5) is 0. The van der Waals surface area contributed by atoms with Crippen molar-refractivity contribution in [1.29, 1.82) is 0 Å². The fourth-order valence-electron chi connectivity index (χ4n) is 2.30. The second-order valence-electron chi connectivity index (χ2n) is 5.01. The molecule has 1 unspecified atom stereocenters. The molecule has 2 heterocycles. The average molecular weight is 290 g/mol. The predicted octanol–water partition coefficient (Wildman–Crippen LogP) is 2.63. The van der Waals surface area contributed by atoms with E-state index in [1.165, 1.54) is 18.4 Å². The molecule has 1 atom stereocenters. The number of nitrogens with zero attached hydrogens (tertiary/aromatic N) is 4. The lowest BCUT2D eigenvalue weighted by molar-refractivity contribution is 0.0315. The lowest BCUT2D eigenvalue weighted by atomic mass is 10.1. The number of benzene rings is 1. The molecular formula is C14H18N4OS. The van der Waals surface area contributed by atoms with E-state index in [9.17, 15) is 0 Å². The second kappa shape index (κ2) is 6.37. The summed E-state index contributed by atoms with van der Waals surface area (Å²) in [6.45, 7) is 2.95. The van der Waals surface area contributed by atoms with Crippen molar-refractivity contribution >= 4 is 11.8 Å². The first-order valence-corrected chi connectivity index (χ1v) is 7.91. The van der Waals surface area contributed by atoms with Gasteiger partial charge < -0.3 is 4.74 Å². The lowest BCUT2D eigenvalue weighted by Crippen LogP contribution is -2.21. The molecule has 1 aromatic heterocycles. The fourth-order valence-corrected chi connectivity index (χ4v) is 3.25. The summed E-state index contributed by atoms with van der Waals surface area (Å²) in [7, 11) is 0. The minimum Gasteiger partial charge on any atom is -0.377 e. The molecule has 1 fully saturated rings. The Morgan fingerprint density at radius 2 is 2.35 bits per heavy atom. The van der Waals surface area contributed by atoms with Crippen LogP contribution in [0.4, 0.5) is 0 Å². The maximum atomic E-state index is 5.74. The van der Waals surface area contributed by atoms with Gasteiger partial charge in [0.15, 0.2) is 0 Å². The van der Waals surface area contributed by atoms with Crippen LogP contribution in [0.2, 0.25) is 0 Å². The van der Waals surface area contributed by atoms with E-state index >= 15 is 0 Å². The van der Waals surface area contributed by atoms with Crippen molar-refractivity contribution in [1.82, 2.24) is 20.2 Å². The zero-order valence-corrected chi connectivity index (χ0v) is 12.3. The number of hydrogen-bond donors (Lipinski definition) is 0. The van der Waals surface area contributed by atoms with Crippen molar-refractivity contribution in [3.8, 4) is 5.69 Å². The Bertz CT molecular complexity index is 566. The molecule has 6 heteroatoms. The molecular weight excluding hydrogens is 272 g/mol. The van der Waals surface area contributed by atoms with Gasteiger partial charge in [-0.2, -0.15) is 4.68 Å². The second-order valence-corrected chi connectivity index (χ2v) is 6.00. The van der Waals surface area contributed by atoms with E-state index in [0.717, 1.165) is 29.6 Å². The van der Waals surface area contributed by atoms with Gasteiger partial charge in [-0.15, -0.1) is 5.10 Å². The third kappa shape index (κ3) is 3.19. The van der Waals surface area contributed by atoms with Gasteiger partial charge in [0.25, 0.3) is 0 Å². The largest absolute Gasteiger partial charge is 0.377 e.